The molecule has 0 saturated carbocycles. The topological polar surface area (TPSA) is 75.6 Å². The molecule has 5 heteroatoms. The quantitative estimate of drug-likeness (QED) is 0.863. The van der Waals surface area contributed by atoms with Crippen LogP contribution >= 0.6 is 0 Å². The predicted molar refractivity (Wildman–Crippen MR) is 66.8 cm³/mol. The van der Waals surface area contributed by atoms with Crippen molar-refractivity contribution in [3.8, 4) is 5.75 Å². The molecule has 2 N–H and O–H groups in total. The van der Waals surface area contributed by atoms with Crippen molar-refractivity contribution in [2.24, 2.45) is 0 Å². The Kier molecular flexibility index (Phi) is 4.31. The van der Waals surface area contributed by atoms with E-state index in [4.69, 9.17) is 9.84 Å². The molecule has 0 spiro atoms. The zero-order valence-corrected chi connectivity index (χ0v) is 10.7. The number of carboxylic acid groups (broad SMARTS) is 1. The van der Waals surface area contributed by atoms with E-state index >= 15 is 0 Å². The van der Waals surface area contributed by atoms with Crippen LogP contribution in [0.15, 0.2) is 24.3 Å². The lowest BCUT2D eigenvalue weighted by Gasteiger charge is -2.18. The second kappa shape index (κ2) is 5.53. The van der Waals surface area contributed by atoms with Crippen molar-refractivity contribution >= 4 is 12.1 Å². The van der Waals surface area contributed by atoms with Gasteiger partial charge in [-0.3, -0.25) is 4.79 Å². The average molecular weight is 251 g/mol. The van der Waals surface area contributed by atoms with Gasteiger partial charge in [-0.1, -0.05) is 32.9 Å². The molecule has 0 saturated heterocycles. The molecule has 1 aromatic rings. The Hall–Kier alpha value is -2.04. The number of carboxylic acids is 1. The van der Waals surface area contributed by atoms with Crippen LogP contribution in [-0.4, -0.2) is 23.7 Å². The van der Waals surface area contributed by atoms with Crippen LogP contribution in [0.4, 0.5) is 4.79 Å². The Morgan fingerprint density at radius 1 is 1.22 bits per heavy atom. The van der Waals surface area contributed by atoms with Crippen molar-refractivity contribution in [2.45, 2.75) is 26.2 Å². The van der Waals surface area contributed by atoms with Crippen molar-refractivity contribution in [2.75, 3.05) is 6.54 Å². The molecule has 0 unspecified atom stereocenters. The lowest BCUT2D eigenvalue weighted by atomic mass is 9.87. The van der Waals surface area contributed by atoms with Crippen LogP contribution in [0, 0.1) is 0 Å². The van der Waals surface area contributed by atoms with E-state index in [1.54, 1.807) is 12.1 Å². The van der Waals surface area contributed by atoms with E-state index in [-0.39, 0.29) is 5.41 Å². The number of carbonyl (C=O) groups excluding carboxylic acids is 1. The van der Waals surface area contributed by atoms with Crippen LogP contribution in [-0.2, 0) is 10.2 Å². The van der Waals surface area contributed by atoms with Crippen LogP contribution in [0.1, 0.15) is 26.3 Å². The van der Waals surface area contributed by atoms with Crippen molar-refractivity contribution in [3.05, 3.63) is 29.8 Å². The van der Waals surface area contributed by atoms with Gasteiger partial charge in [0, 0.05) is 0 Å². The molecular formula is C13H17NO4. The third kappa shape index (κ3) is 4.45. The van der Waals surface area contributed by atoms with E-state index in [0.717, 1.165) is 5.56 Å². The predicted octanol–water partition coefficient (Wildman–Crippen LogP) is 2.16. The fraction of sp³-hybridized carbons (Fsp3) is 0.385. The first kappa shape index (κ1) is 14.0. The molecule has 1 amide bonds. The molecule has 0 aliphatic rings. The number of amides is 1. The number of carbonyl (C=O) groups is 2. The third-order valence-electron chi connectivity index (χ3n) is 2.31. The summed E-state index contributed by atoms with van der Waals surface area (Å²) in [6.07, 6.45) is -0.777. The van der Waals surface area contributed by atoms with Crippen LogP contribution in [0.3, 0.4) is 0 Å². The molecule has 1 rings (SSSR count). The highest BCUT2D eigenvalue weighted by molar-refractivity contribution is 5.77. The van der Waals surface area contributed by atoms with Gasteiger partial charge >= 0.3 is 12.1 Å². The van der Waals surface area contributed by atoms with Gasteiger partial charge in [-0.25, -0.2) is 4.79 Å². The Balaban J connectivity index is 2.59. The maximum atomic E-state index is 11.2. The van der Waals surface area contributed by atoms with Crippen LogP contribution in [0.25, 0.3) is 0 Å². The second-order valence-corrected chi connectivity index (χ2v) is 4.91. The van der Waals surface area contributed by atoms with E-state index in [2.05, 4.69) is 26.1 Å². The summed E-state index contributed by atoms with van der Waals surface area (Å²) in [6.45, 7) is 5.80. The Bertz CT molecular complexity index is 431. The summed E-state index contributed by atoms with van der Waals surface area (Å²) in [4.78, 5) is 21.4. The molecule has 0 radical (unpaired) electrons. The maximum Gasteiger partial charge on any atom is 0.413 e. The monoisotopic (exact) mass is 251 g/mol. The summed E-state index contributed by atoms with van der Waals surface area (Å²) >= 11 is 0. The zero-order valence-electron chi connectivity index (χ0n) is 10.7. The largest absolute Gasteiger partial charge is 0.480 e. The standard InChI is InChI=1S/C13H17NO4/c1-13(2,3)9-4-6-10(7-5-9)18-12(17)14-8-11(15)16/h4-7H,8H2,1-3H3,(H,14,17)(H,15,16). The number of aliphatic carboxylic acids is 1. The molecule has 0 bridgehead atoms. The van der Waals surface area contributed by atoms with Crippen molar-refractivity contribution < 1.29 is 19.4 Å². The van der Waals surface area contributed by atoms with Gasteiger partial charge in [-0.05, 0) is 23.1 Å². The molecule has 5 nitrogen and oxygen atoms in total. The highest BCUT2D eigenvalue weighted by Gasteiger charge is 2.13. The fourth-order valence-electron chi connectivity index (χ4n) is 1.31. The summed E-state index contributed by atoms with van der Waals surface area (Å²) in [5.74, 6) is -0.735. The molecule has 0 atom stereocenters. The minimum absolute atomic E-state index is 0.0318. The number of hydrogen-bond donors (Lipinski definition) is 2. The summed E-state index contributed by atoms with van der Waals surface area (Å²) in [5.41, 5.74) is 1.16. The number of hydrogen-bond acceptors (Lipinski definition) is 3. The van der Waals surface area contributed by atoms with Crippen molar-refractivity contribution in [1.82, 2.24) is 5.32 Å². The molecule has 0 fully saturated rings. The van der Waals surface area contributed by atoms with E-state index < -0.39 is 18.6 Å². The summed E-state index contributed by atoms with van der Waals surface area (Å²) in [6, 6.07) is 7.11. The molecule has 0 aromatic heterocycles. The number of nitrogens with one attached hydrogen (secondary N) is 1. The Morgan fingerprint density at radius 2 is 1.78 bits per heavy atom. The maximum absolute atomic E-state index is 11.2. The molecule has 0 aliphatic carbocycles. The van der Waals surface area contributed by atoms with E-state index in [0.29, 0.717) is 5.75 Å². The van der Waals surface area contributed by atoms with Crippen LogP contribution < -0.4 is 10.1 Å². The number of rotatable bonds is 3. The van der Waals surface area contributed by atoms with Gasteiger partial charge in [-0.15, -0.1) is 0 Å². The van der Waals surface area contributed by atoms with Gasteiger partial charge < -0.3 is 15.2 Å². The molecule has 1 aromatic carbocycles. The lowest BCUT2D eigenvalue weighted by Crippen LogP contribution is -2.31. The first-order valence-corrected chi connectivity index (χ1v) is 5.57. The van der Waals surface area contributed by atoms with E-state index in [9.17, 15) is 9.59 Å². The van der Waals surface area contributed by atoms with Gasteiger partial charge in [0.05, 0.1) is 0 Å². The molecular weight excluding hydrogens is 234 g/mol. The number of benzene rings is 1. The Labute approximate surface area is 106 Å². The van der Waals surface area contributed by atoms with Gasteiger partial charge in [-0.2, -0.15) is 0 Å². The SMILES string of the molecule is CC(C)(C)c1ccc(OC(=O)NCC(=O)O)cc1. The molecule has 18 heavy (non-hydrogen) atoms. The lowest BCUT2D eigenvalue weighted by molar-refractivity contribution is -0.135. The van der Waals surface area contributed by atoms with Gasteiger partial charge in [0.1, 0.15) is 12.3 Å². The minimum Gasteiger partial charge on any atom is -0.480 e. The summed E-state index contributed by atoms with van der Waals surface area (Å²) in [5, 5.41) is 10.5. The Morgan fingerprint density at radius 3 is 2.22 bits per heavy atom. The first-order valence-electron chi connectivity index (χ1n) is 5.57. The van der Waals surface area contributed by atoms with Gasteiger partial charge in [0.15, 0.2) is 0 Å². The van der Waals surface area contributed by atoms with Crippen LogP contribution in [0.5, 0.6) is 5.75 Å². The summed E-state index contributed by atoms with van der Waals surface area (Å²) in [7, 11) is 0. The minimum atomic E-state index is -1.12. The second-order valence-electron chi connectivity index (χ2n) is 4.91. The molecule has 0 aliphatic heterocycles. The van der Waals surface area contributed by atoms with Crippen LogP contribution in [0.2, 0.25) is 0 Å². The van der Waals surface area contributed by atoms with Gasteiger partial charge in [0.2, 0.25) is 0 Å². The van der Waals surface area contributed by atoms with Crippen molar-refractivity contribution in [3.63, 3.8) is 0 Å². The zero-order chi connectivity index (χ0) is 13.8. The first-order chi connectivity index (χ1) is 8.29. The third-order valence-corrected chi connectivity index (χ3v) is 2.31. The van der Waals surface area contributed by atoms with Gasteiger partial charge in [0.25, 0.3) is 0 Å². The van der Waals surface area contributed by atoms with Crippen molar-refractivity contribution in [1.29, 1.82) is 0 Å². The highest BCUT2D eigenvalue weighted by atomic mass is 16.6. The summed E-state index contributed by atoms with van der Waals surface area (Å²) < 4.78 is 4.92. The molecule has 0 heterocycles. The van der Waals surface area contributed by atoms with E-state index in [1.807, 2.05) is 12.1 Å². The fourth-order valence-corrected chi connectivity index (χ4v) is 1.31. The van der Waals surface area contributed by atoms with E-state index in [1.165, 1.54) is 0 Å². The molecule has 98 valence electrons. The highest BCUT2D eigenvalue weighted by Crippen LogP contribution is 2.24. The average Bonchev–Trinajstić information content (AvgIpc) is 2.26. The normalized spacial score (nSPS) is 10.8. The number of ether oxygens (including phenoxy) is 1. The smallest absolute Gasteiger partial charge is 0.413 e.